The van der Waals surface area contributed by atoms with Gasteiger partial charge in [-0.05, 0) is 43.9 Å². The summed E-state index contributed by atoms with van der Waals surface area (Å²) in [5.74, 6) is -0.144. The summed E-state index contributed by atoms with van der Waals surface area (Å²) in [4.78, 5) is 26.7. The third-order valence-corrected chi connectivity index (χ3v) is 7.52. The van der Waals surface area contributed by atoms with E-state index in [0.717, 1.165) is 67.6 Å². The Morgan fingerprint density at radius 3 is 2.16 bits per heavy atom. The van der Waals surface area contributed by atoms with Crippen LogP contribution in [0.4, 0.5) is 5.69 Å². The molecule has 1 N–H and O–H groups in total. The maximum Gasteiger partial charge on any atom is 0.362 e. The van der Waals surface area contributed by atoms with E-state index in [2.05, 4.69) is 24.4 Å². The lowest BCUT2D eigenvalue weighted by atomic mass is 9.72. The summed E-state index contributed by atoms with van der Waals surface area (Å²) in [6.45, 7) is 8.44. The molecule has 2 aromatic rings. The number of rotatable bonds is 7. The van der Waals surface area contributed by atoms with Gasteiger partial charge in [-0.25, -0.2) is 4.79 Å². The highest BCUT2D eigenvalue weighted by Gasteiger charge is 2.62. The van der Waals surface area contributed by atoms with Gasteiger partial charge >= 0.3 is 5.97 Å². The number of hydrogen-bond acceptors (Lipinski definition) is 3. The lowest BCUT2D eigenvalue weighted by Crippen LogP contribution is -2.72. The first-order valence-electron chi connectivity index (χ1n) is 11.8. The molecular weight excluding hydrogens is 400 g/mol. The van der Waals surface area contributed by atoms with Crippen molar-refractivity contribution >= 4 is 17.6 Å². The van der Waals surface area contributed by atoms with Crippen molar-refractivity contribution in [2.75, 3.05) is 25.0 Å². The Balaban J connectivity index is 1.53. The first kappa shape index (κ1) is 22.5. The van der Waals surface area contributed by atoms with Gasteiger partial charge in [0.15, 0.2) is 12.1 Å². The van der Waals surface area contributed by atoms with Crippen molar-refractivity contribution in [1.82, 2.24) is 0 Å². The zero-order valence-electron chi connectivity index (χ0n) is 19.6. The largest absolute Gasteiger partial charge is 0.457 e. The molecule has 2 fully saturated rings. The molecule has 2 aromatic carbocycles. The molecule has 0 unspecified atom stereocenters. The van der Waals surface area contributed by atoms with Gasteiger partial charge in [0.2, 0.25) is 0 Å². The molecule has 0 spiro atoms. The molecule has 1 aliphatic carbocycles. The molecule has 32 heavy (non-hydrogen) atoms. The Morgan fingerprint density at radius 1 is 0.969 bits per heavy atom. The predicted molar refractivity (Wildman–Crippen MR) is 126 cm³/mol. The van der Waals surface area contributed by atoms with Crippen molar-refractivity contribution in [1.29, 1.82) is 0 Å². The molecule has 1 amide bonds. The van der Waals surface area contributed by atoms with Gasteiger partial charge in [0, 0.05) is 31.4 Å². The monoisotopic (exact) mass is 435 g/mol. The lowest BCUT2D eigenvalue weighted by Gasteiger charge is -2.54. The van der Waals surface area contributed by atoms with Crippen molar-refractivity contribution in [2.45, 2.75) is 65.0 Å². The zero-order valence-corrected chi connectivity index (χ0v) is 19.6. The van der Waals surface area contributed by atoms with Gasteiger partial charge in [0.05, 0.1) is 13.1 Å². The van der Waals surface area contributed by atoms with Crippen LogP contribution >= 0.6 is 0 Å². The fourth-order valence-electron chi connectivity index (χ4n) is 5.74. The van der Waals surface area contributed by atoms with E-state index < -0.39 is 5.54 Å². The number of carbonyl (C=O) groups is 2. The maximum atomic E-state index is 13.8. The molecule has 1 heterocycles. The quantitative estimate of drug-likeness (QED) is 0.501. The van der Waals surface area contributed by atoms with E-state index in [4.69, 9.17) is 4.74 Å². The summed E-state index contributed by atoms with van der Waals surface area (Å²) >= 11 is 0. The van der Waals surface area contributed by atoms with Crippen molar-refractivity contribution in [3.05, 3.63) is 64.7 Å². The first-order chi connectivity index (χ1) is 15.4. The van der Waals surface area contributed by atoms with Crippen LogP contribution in [0.3, 0.4) is 0 Å². The number of aryl methyl sites for hydroxylation is 3. The van der Waals surface area contributed by atoms with E-state index in [9.17, 15) is 9.59 Å². The number of hydrogen-bond donors (Lipinski definition) is 1. The van der Waals surface area contributed by atoms with Crippen LogP contribution in [-0.4, -0.2) is 41.5 Å². The third kappa shape index (κ3) is 4.18. The van der Waals surface area contributed by atoms with Crippen molar-refractivity contribution in [2.24, 2.45) is 0 Å². The topological polar surface area (TPSA) is 55.4 Å². The number of carbonyl (C=O) groups excluding carboxylic acids is 2. The highest BCUT2D eigenvalue weighted by molar-refractivity contribution is 5.99. The van der Waals surface area contributed by atoms with Crippen LogP contribution in [0, 0.1) is 20.8 Å². The summed E-state index contributed by atoms with van der Waals surface area (Å²) in [6.07, 6.45) is 4.77. The number of esters is 1. The van der Waals surface area contributed by atoms with Crippen molar-refractivity contribution in [3.63, 3.8) is 0 Å². The highest BCUT2D eigenvalue weighted by Crippen LogP contribution is 2.46. The van der Waals surface area contributed by atoms with Gasteiger partial charge in [-0.1, -0.05) is 48.0 Å². The van der Waals surface area contributed by atoms with E-state index >= 15 is 0 Å². The number of amides is 1. The lowest BCUT2D eigenvalue weighted by molar-refractivity contribution is -0.955. The minimum atomic E-state index is -0.536. The summed E-state index contributed by atoms with van der Waals surface area (Å²) in [6, 6.07) is 14.0. The van der Waals surface area contributed by atoms with Gasteiger partial charge in [0.1, 0.15) is 6.61 Å². The third-order valence-electron chi connectivity index (χ3n) is 7.52. The van der Waals surface area contributed by atoms with Crippen LogP contribution in [0.15, 0.2) is 42.5 Å². The van der Waals surface area contributed by atoms with Gasteiger partial charge in [-0.2, -0.15) is 0 Å². The standard InChI is InChI=1S/C27H34N2O3/c1-20-16-21(2)25(22(3)17-20)28-26(31)27(12-9-13-27)29(14-7-8-15-29)18-24(30)32-19-23-10-5-4-6-11-23/h4-6,10-11,16-17H,7-9,12-15,18-19H2,1-3H3/p+1. The zero-order chi connectivity index (χ0) is 22.8. The summed E-state index contributed by atoms with van der Waals surface area (Å²) < 4.78 is 6.18. The molecule has 4 rings (SSSR count). The fraction of sp³-hybridized carbons (Fsp3) is 0.481. The Labute approximate surface area is 191 Å². The highest BCUT2D eigenvalue weighted by atomic mass is 16.5. The predicted octanol–water partition coefficient (Wildman–Crippen LogP) is 4.83. The van der Waals surface area contributed by atoms with Gasteiger partial charge in [-0.15, -0.1) is 0 Å². The number of ether oxygens (including phenoxy) is 1. The number of quaternary nitrogens is 1. The van der Waals surface area contributed by atoms with Crippen molar-refractivity contribution in [3.8, 4) is 0 Å². The second kappa shape index (κ2) is 9.07. The second-order valence-electron chi connectivity index (χ2n) is 9.72. The number of benzene rings is 2. The molecule has 0 aromatic heterocycles. The molecule has 1 saturated carbocycles. The van der Waals surface area contributed by atoms with Crippen LogP contribution in [0.2, 0.25) is 0 Å². The van der Waals surface area contributed by atoms with E-state index in [0.29, 0.717) is 4.48 Å². The van der Waals surface area contributed by atoms with E-state index in [-0.39, 0.29) is 25.0 Å². The van der Waals surface area contributed by atoms with Gasteiger partial charge in [0.25, 0.3) is 5.91 Å². The molecule has 0 atom stereocenters. The van der Waals surface area contributed by atoms with Gasteiger partial charge in [-0.3, -0.25) is 4.79 Å². The molecule has 2 aliphatic rings. The molecular formula is C27H35N2O3+. The van der Waals surface area contributed by atoms with E-state index in [1.54, 1.807) is 0 Å². The number of anilines is 1. The summed E-state index contributed by atoms with van der Waals surface area (Å²) in [5, 5.41) is 3.27. The van der Waals surface area contributed by atoms with Gasteiger partial charge < -0.3 is 14.5 Å². The SMILES string of the molecule is Cc1cc(C)c(NC(=O)C2([N+]3(CC(=O)OCc4ccccc4)CCCC3)CCC2)c(C)c1. The Hall–Kier alpha value is -2.66. The second-order valence-corrected chi connectivity index (χ2v) is 9.72. The number of likely N-dealkylation sites (tertiary alicyclic amines) is 1. The Bertz CT molecular complexity index is 966. The molecule has 5 heteroatoms. The summed E-state index contributed by atoms with van der Waals surface area (Å²) in [5.41, 5.74) is 4.72. The molecule has 0 bridgehead atoms. The smallest absolute Gasteiger partial charge is 0.362 e. The number of nitrogens with zero attached hydrogens (tertiary/aromatic N) is 1. The first-order valence-corrected chi connectivity index (χ1v) is 11.8. The van der Waals surface area contributed by atoms with E-state index in [1.165, 1.54) is 5.56 Å². The van der Waals surface area contributed by atoms with Crippen LogP contribution in [0.5, 0.6) is 0 Å². The van der Waals surface area contributed by atoms with E-state index in [1.807, 2.05) is 44.2 Å². The Kier molecular flexibility index (Phi) is 6.38. The average Bonchev–Trinajstić information content (AvgIpc) is 3.18. The van der Waals surface area contributed by atoms with Crippen LogP contribution in [0.1, 0.15) is 54.4 Å². The fourth-order valence-corrected chi connectivity index (χ4v) is 5.74. The normalized spacial score (nSPS) is 18.6. The minimum Gasteiger partial charge on any atom is -0.457 e. The van der Waals surface area contributed by atoms with Crippen molar-refractivity contribution < 1.29 is 18.8 Å². The maximum absolute atomic E-state index is 13.8. The van der Waals surface area contributed by atoms with Crippen LogP contribution < -0.4 is 5.32 Å². The molecule has 170 valence electrons. The Morgan fingerprint density at radius 2 is 1.59 bits per heavy atom. The molecule has 1 saturated heterocycles. The molecule has 0 radical (unpaired) electrons. The van der Waals surface area contributed by atoms with Crippen LogP contribution in [-0.2, 0) is 20.9 Å². The summed E-state index contributed by atoms with van der Waals surface area (Å²) in [7, 11) is 0. The molecule has 1 aliphatic heterocycles. The molecule has 5 nitrogen and oxygen atoms in total. The average molecular weight is 436 g/mol. The minimum absolute atomic E-state index is 0.0663. The number of nitrogens with one attached hydrogen (secondary N) is 1. The van der Waals surface area contributed by atoms with Crippen LogP contribution in [0.25, 0.3) is 0 Å².